The Morgan fingerprint density at radius 1 is 0.750 bits per heavy atom. The summed E-state index contributed by atoms with van der Waals surface area (Å²) in [6, 6.07) is 23.8. The molecule has 1 aliphatic carbocycles. The maximum atomic E-state index is 13.8. The number of imide groups is 1. The molecule has 0 spiro atoms. The smallest absolute Gasteiger partial charge is 0.255 e. The van der Waals surface area contributed by atoms with E-state index in [9.17, 15) is 24.0 Å². The van der Waals surface area contributed by atoms with Crippen molar-refractivity contribution >= 4 is 47.1 Å². The number of aromatic nitrogens is 2. The number of likely N-dealkylation sites (tertiary alicyclic amines) is 2. The number of piperidine rings is 3. The van der Waals surface area contributed by atoms with Crippen LogP contribution in [0.5, 0.6) is 0 Å². The van der Waals surface area contributed by atoms with Gasteiger partial charge in [0.25, 0.3) is 5.91 Å². The monoisotopic (exact) mass is 827 g/mol. The van der Waals surface area contributed by atoms with Crippen molar-refractivity contribution in [3.63, 3.8) is 0 Å². The molecule has 2 N–H and O–H groups in total. The Morgan fingerprint density at radius 3 is 2.23 bits per heavy atom. The molecule has 3 saturated heterocycles. The predicted molar refractivity (Wildman–Crippen MR) is 228 cm³/mol. The van der Waals surface area contributed by atoms with Crippen molar-refractivity contribution in [2.24, 2.45) is 11.8 Å². The number of fused-ring (bicyclic) bond motifs is 1. The summed E-state index contributed by atoms with van der Waals surface area (Å²) in [5.41, 5.74) is 6.45. The average molecular weight is 828 g/mol. The molecule has 5 heterocycles. The molecule has 1 aromatic heterocycles. The molecule has 5 amide bonds. The lowest BCUT2D eigenvalue weighted by molar-refractivity contribution is -0.143. The molecule has 0 radical (unpaired) electrons. The van der Waals surface area contributed by atoms with Crippen molar-refractivity contribution < 1.29 is 24.0 Å². The summed E-state index contributed by atoms with van der Waals surface area (Å²) >= 11 is 6.62. The van der Waals surface area contributed by atoms with E-state index in [-0.39, 0.29) is 53.8 Å². The molecule has 60 heavy (non-hydrogen) atoms. The van der Waals surface area contributed by atoms with Crippen LogP contribution in [-0.2, 0) is 25.7 Å². The number of benzene rings is 3. The molecule has 13 heteroatoms. The van der Waals surface area contributed by atoms with Crippen LogP contribution in [0.1, 0.15) is 91.6 Å². The van der Waals surface area contributed by atoms with E-state index in [2.05, 4.69) is 45.9 Å². The summed E-state index contributed by atoms with van der Waals surface area (Å²) < 4.78 is 0. The quantitative estimate of drug-likeness (QED) is 0.184. The first-order chi connectivity index (χ1) is 29.2. The van der Waals surface area contributed by atoms with Crippen LogP contribution in [0.15, 0.2) is 79.0 Å². The Bertz CT molecular complexity index is 2310. The van der Waals surface area contributed by atoms with E-state index in [0.717, 1.165) is 59.9 Å². The molecule has 1 unspecified atom stereocenters. The van der Waals surface area contributed by atoms with Crippen LogP contribution in [0.2, 0.25) is 5.02 Å². The molecule has 3 aromatic carbocycles. The number of nitrogens with zero attached hydrogens (tertiary/aromatic N) is 5. The number of anilines is 1. The van der Waals surface area contributed by atoms with Crippen LogP contribution in [0.4, 0.5) is 5.95 Å². The third-order valence-corrected chi connectivity index (χ3v) is 13.6. The van der Waals surface area contributed by atoms with Crippen LogP contribution in [0.3, 0.4) is 0 Å². The van der Waals surface area contributed by atoms with Gasteiger partial charge in [-0.25, -0.2) is 9.97 Å². The molecule has 5 aliphatic rings. The average Bonchev–Trinajstić information content (AvgIpc) is 3.61. The minimum absolute atomic E-state index is 0.0613. The number of hydrogen-bond acceptors (Lipinski definition) is 8. The van der Waals surface area contributed by atoms with Gasteiger partial charge in [-0.15, -0.1) is 0 Å². The Hall–Kier alpha value is -5.62. The molecule has 310 valence electrons. The molecule has 4 fully saturated rings. The fraction of sp³-hybridized carbons (Fsp3) is 0.426. The Balaban J connectivity index is 0.746. The van der Waals surface area contributed by atoms with E-state index in [4.69, 9.17) is 16.6 Å². The number of carbonyl (C=O) groups is 5. The molecule has 3 atom stereocenters. The highest BCUT2D eigenvalue weighted by molar-refractivity contribution is 6.33. The Morgan fingerprint density at radius 2 is 1.47 bits per heavy atom. The van der Waals surface area contributed by atoms with Gasteiger partial charge in [0.15, 0.2) is 0 Å². The lowest BCUT2D eigenvalue weighted by Gasteiger charge is -2.39. The third-order valence-electron chi connectivity index (χ3n) is 13.3. The van der Waals surface area contributed by atoms with Gasteiger partial charge in [0.2, 0.25) is 29.6 Å². The number of carbonyl (C=O) groups excluding carboxylic acids is 5. The number of halogens is 1. The van der Waals surface area contributed by atoms with E-state index in [1.54, 1.807) is 11.1 Å². The molecule has 9 rings (SSSR count). The van der Waals surface area contributed by atoms with E-state index >= 15 is 0 Å². The number of nitrogens with one attached hydrogen (secondary N) is 2. The maximum absolute atomic E-state index is 13.8. The molecular formula is C47H50ClN7O5. The SMILES string of the molecule is O=C1CCC(N2Cc3cc(C4CCN(C(=O)C5CCN(C(=O)[C@H]6CCC[C@@H](Nc7ncc(Cl)c(-c8cccc(-c9ccccc9)c8)n7)C6)CC5)CC4)ccc3C2=O)C(=O)N1. The first-order valence-corrected chi connectivity index (χ1v) is 21.9. The van der Waals surface area contributed by atoms with Crippen molar-refractivity contribution in [1.82, 2.24) is 30.0 Å². The summed E-state index contributed by atoms with van der Waals surface area (Å²) in [4.78, 5) is 79.8. The standard InChI is InChI=1S/C47H50ClN7O5/c48-39-27-49-47(52-42(39)34-9-4-8-32(24-34)29-6-2-1-3-7-29)50-37-11-5-10-35(26-37)45(59)54-22-18-31(19-23-54)44(58)53-20-16-30(17-21-53)33-12-13-38-36(25-33)28-55(46(38)60)40-14-15-41(56)51-43(40)57/h1-4,6-9,12-13,24-25,27,30-31,35,37,40H,5,10-11,14-23,26,28H2,(H,49,50,52)(H,51,56,57)/t35-,37+,40?/m0/s1. The van der Waals surface area contributed by atoms with Gasteiger partial charge < -0.3 is 20.0 Å². The zero-order valence-electron chi connectivity index (χ0n) is 33.7. The highest BCUT2D eigenvalue weighted by Crippen LogP contribution is 2.36. The van der Waals surface area contributed by atoms with Crippen molar-refractivity contribution in [3.8, 4) is 22.4 Å². The Labute approximate surface area is 355 Å². The van der Waals surface area contributed by atoms with Crippen molar-refractivity contribution in [2.45, 2.75) is 88.8 Å². The molecule has 4 aliphatic heterocycles. The summed E-state index contributed by atoms with van der Waals surface area (Å²) in [5.74, 6) is 0.108. The van der Waals surface area contributed by atoms with Crippen LogP contribution >= 0.6 is 11.6 Å². The number of hydrogen-bond donors (Lipinski definition) is 2. The molecule has 4 aromatic rings. The van der Waals surface area contributed by atoms with Gasteiger partial charge in [-0.2, -0.15) is 0 Å². The van der Waals surface area contributed by atoms with Gasteiger partial charge in [-0.3, -0.25) is 29.3 Å². The molecule has 0 bridgehead atoms. The van der Waals surface area contributed by atoms with Crippen LogP contribution in [-0.4, -0.2) is 92.5 Å². The van der Waals surface area contributed by atoms with Crippen molar-refractivity contribution in [1.29, 1.82) is 0 Å². The molecule has 1 saturated carbocycles. The predicted octanol–water partition coefficient (Wildman–Crippen LogP) is 6.84. The summed E-state index contributed by atoms with van der Waals surface area (Å²) in [6.45, 7) is 2.90. The van der Waals surface area contributed by atoms with Crippen molar-refractivity contribution in [2.75, 3.05) is 31.5 Å². The molecule has 12 nitrogen and oxygen atoms in total. The van der Waals surface area contributed by atoms with Gasteiger partial charge >= 0.3 is 0 Å². The maximum Gasteiger partial charge on any atom is 0.255 e. The summed E-state index contributed by atoms with van der Waals surface area (Å²) in [6.07, 6.45) is 8.66. The fourth-order valence-corrected chi connectivity index (χ4v) is 10.2. The molecular weight excluding hydrogens is 778 g/mol. The Kier molecular flexibility index (Phi) is 11.4. The van der Waals surface area contributed by atoms with Gasteiger partial charge in [-0.1, -0.05) is 78.7 Å². The highest BCUT2D eigenvalue weighted by Gasteiger charge is 2.40. The highest BCUT2D eigenvalue weighted by atomic mass is 35.5. The van der Waals surface area contributed by atoms with Crippen LogP contribution in [0.25, 0.3) is 22.4 Å². The zero-order valence-corrected chi connectivity index (χ0v) is 34.4. The van der Waals surface area contributed by atoms with Crippen molar-refractivity contribution in [3.05, 3.63) is 101 Å². The van der Waals surface area contributed by atoms with Gasteiger partial charge in [0, 0.05) is 68.1 Å². The minimum atomic E-state index is -0.631. The van der Waals surface area contributed by atoms with Gasteiger partial charge in [0.1, 0.15) is 6.04 Å². The lowest BCUT2D eigenvalue weighted by Crippen LogP contribution is -2.52. The minimum Gasteiger partial charge on any atom is -0.351 e. The first kappa shape index (κ1) is 39.8. The van der Waals surface area contributed by atoms with E-state index < -0.39 is 11.9 Å². The van der Waals surface area contributed by atoms with Gasteiger partial charge in [0.05, 0.1) is 16.9 Å². The summed E-state index contributed by atoms with van der Waals surface area (Å²) in [5, 5.41) is 6.35. The third kappa shape index (κ3) is 8.26. The second-order valence-corrected chi connectivity index (χ2v) is 17.5. The second kappa shape index (κ2) is 17.2. The van der Waals surface area contributed by atoms with Gasteiger partial charge in [-0.05, 0) is 91.7 Å². The number of amides is 5. The summed E-state index contributed by atoms with van der Waals surface area (Å²) in [7, 11) is 0. The van der Waals surface area contributed by atoms with E-state index in [1.165, 1.54) is 0 Å². The zero-order chi connectivity index (χ0) is 41.3. The van der Waals surface area contributed by atoms with E-state index in [0.29, 0.717) is 80.6 Å². The fourth-order valence-electron chi connectivity index (χ4n) is 9.99. The largest absolute Gasteiger partial charge is 0.351 e. The second-order valence-electron chi connectivity index (χ2n) is 17.1. The van der Waals surface area contributed by atoms with Crippen LogP contribution < -0.4 is 10.6 Å². The first-order valence-electron chi connectivity index (χ1n) is 21.5. The number of rotatable bonds is 8. The topological polar surface area (TPSA) is 145 Å². The van der Waals surface area contributed by atoms with E-state index in [1.807, 2.05) is 52.3 Å². The normalized spacial score (nSPS) is 22.7. The van der Waals surface area contributed by atoms with Crippen LogP contribution in [0, 0.1) is 11.8 Å². The lowest BCUT2D eigenvalue weighted by atomic mass is 9.84.